The van der Waals surface area contributed by atoms with Crippen LogP contribution in [0.5, 0.6) is 0 Å². The van der Waals surface area contributed by atoms with Crippen LogP contribution in [0.4, 0.5) is 11.4 Å². The highest BCUT2D eigenvalue weighted by molar-refractivity contribution is 7.89. The first-order chi connectivity index (χ1) is 13.2. The van der Waals surface area contributed by atoms with Gasteiger partial charge in [0.1, 0.15) is 0 Å². The largest absolute Gasteiger partial charge is 0.399 e. The van der Waals surface area contributed by atoms with Gasteiger partial charge in [0.2, 0.25) is 26.1 Å². The molecule has 0 heterocycles. The fraction of sp³-hybridized carbons (Fsp3) is 0.235. The fourth-order valence-electron chi connectivity index (χ4n) is 1.95. The summed E-state index contributed by atoms with van der Waals surface area (Å²) in [5.41, 5.74) is 6.36. The van der Waals surface area contributed by atoms with Crippen molar-refractivity contribution in [3.8, 4) is 0 Å². The van der Waals surface area contributed by atoms with Gasteiger partial charge in [0, 0.05) is 18.8 Å². The molecular formula is C17H22N4O5S2. The number of benzene rings is 2. The van der Waals surface area contributed by atoms with E-state index in [-0.39, 0.29) is 9.79 Å². The number of nitrogens with one attached hydrogen (secondary N) is 2. The first kappa shape index (κ1) is 23.5. The zero-order valence-corrected chi connectivity index (χ0v) is 17.0. The van der Waals surface area contributed by atoms with E-state index in [4.69, 9.17) is 5.73 Å². The van der Waals surface area contributed by atoms with E-state index in [0.717, 1.165) is 0 Å². The maximum absolute atomic E-state index is 11.5. The normalized spacial score (nSPS) is 11.1. The van der Waals surface area contributed by atoms with Crippen LogP contribution >= 0.6 is 0 Å². The van der Waals surface area contributed by atoms with Gasteiger partial charge in [-0.2, -0.15) is 4.99 Å². The molecule has 4 N–H and O–H groups in total. The summed E-state index contributed by atoms with van der Waals surface area (Å²) in [4.78, 5) is 13.7. The molecular weight excluding hydrogens is 404 g/mol. The Morgan fingerprint density at radius 1 is 0.821 bits per heavy atom. The molecule has 0 aliphatic carbocycles. The van der Waals surface area contributed by atoms with Gasteiger partial charge in [-0.05, 0) is 48.5 Å². The van der Waals surface area contributed by atoms with E-state index in [9.17, 15) is 21.6 Å². The first-order valence-corrected chi connectivity index (χ1v) is 11.2. The molecule has 0 saturated carbocycles. The van der Waals surface area contributed by atoms with E-state index >= 15 is 0 Å². The molecule has 0 bridgehead atoms. The van der Waals surface area contributed by atoms with Crippen LogP contribution in [0.3, 0.4) is 0 Å². The third-order valence-corrected chi connectivity index (χ3v) is 6.30. The highest BCUT2D eigenvalue weighted by Gasteiger charge is 2.12. The van der Waals surface area contributed by atoms with E-state index < -0.39 is 20.0 Å². The lowest BCUT2D eigenvalue weighted by molar-refractivity contribution is 0.565. The van der Waals surface area contributed by atoms with Crippen LogP contribution in [0.15, 0.2) is 63.3 Å². The summed E-state index contributed by atoms with van der Waals surface area (Å²) in [6.45, 7) is 4.14. The summed E-state index contributed by atoms with van der Waals surface area (Å²) < 4.78 is 50.5. The summed E-state index contributed by atoms with van der Waals surface area (Å²) in [7, 11) is -6.76. The number of nitrogen functional groups attached to an aromatic ring is 1. The molecule has 0 unspecified atom stereocenters. The second kappa shape index (κ2) is 10.7. The van der Waals surface area contributed by atoms with Gasteiger partial charge in [-0.3, -0.25) is 0 Å². The van der Waals surface area contributed by atoms with Crippen LogP contribution in [0.25, 0.3) is 0 Å². The van der Waals surface area contributed by atoms with Gasteiger partial charge in [0.15, 0.2) is 0 Å². The molecule has 2 rings (SSSR count). The van der Waals surface area contributed by atoms with Crippen molar-refractivity contribution in [1.82, 2.24) is 9.44 Å². The zero-order valence-electron chi connectivity index (χ0n) is 15.4. The van der Waals surface area contributed by atoms with Crippen LogP contribution in [0.2, 0.25) is 0 Å². The number of aliphatic imine (C=N–C) groups is 1. The topological polar surface area (TPSA) is 148 Å². The van der Waals surface area contributed by atoms with Gasteiger partial charge in [-0.25, -0.2) is 31.1 Å². The molecule has 0 radical (unpaired) electrons. The van der Waals surface area contributed by atoms with Gasteiger partial charge >= 0.3 is 0 Å². The van der Waals surface area contributed by atoms with Gasteiger partial charge in [0.05, 0.1) is 15.5 Å². The van der Waals surface area contributed by atoms with E-state index in [0.29, 0.717) is 24.5 Å². The number of nitrogens with two attached hydrogens (primary N) is 1. The lowest BCUT2D eigenvalue weighted by Gasteiger charge is -2.03. The average molecular weight is 427 g/mol. The van der Waals surface area contributed by atoms with E-state index in [1.165, 1.54) is 42.5 Å². The molecule has 0 saturated heterocycles. The van der Waals surface area contributed by atoms with Crippen molar-refractivity contribution in [2.45, 2.75) is 23.6 Å². The van der Waals surface area contributed by atoms with Crippen molar-refractivity contribution in [2.24, 2.45) is 4.99 Å². The van der Waals surface area contributed by atoms with Crippen LogP contribution in [-0.4, -0.2) is 36.0 Å². The third kappa shape index (κ3) is 7.22. The smallest absolute Gasteiger partial charge is 0.240 e. The van der Waals surface area contributed by atoms with E-state index in [2.05, 4.69) is 14.4 Å². The molecule has 0 aromatic heterocycles. The lowest BCUT2D eigenvalue weighted by Crippen LogP contribution is -2.22. The summed E-state index contributed by atoms with van der Waals surface area (Å²) >= 11 is 0. The molecule has 11 heteroatoms. The van der Waals surface area contributed by atoms with E-state index in [1.807, 2.05) is 0 Å². The Bertz CT molecular complexity index is 1010. The monoisotopic (exact) mass is 426 g/mol. The Kier molecular flexibility index (Phi) is 8.97. The number of carbonyl (C=O) groups excluding carboxylic acids is 1. The zero-order chi connectivity index (χ0) is 21.2. The minimum atomic E-state index is -3.43. The highest BCUT2D eigenvalue weighted by Crippen LogP contribution is 2.15. The van der Waals surface area contributed by atoms with Crippen molar-refractivity contribution in [3.63, 3.8) is 0 Å². The molecule has 0 aliphatic rings. The molecule has 0 aliphatic heterocycles. The van der Waals surface area contributed by atoms with Crippen molar-refractivity contribution < 1.29 is 21.6 Å². The van der Waals surface area contributed by atoms with Crippen LogP contribution in [0.1, 0.15) is 13.8 Å². The molecule has 28 heavy (non-hydrogen) atoms. The molecule has 0 amide bonds. The SMILES string of the molecule is CCNS(=O)(=O)c1ccc(N)cc1.CCNS(=O)(=O)c1ccc(N=C=O)cc1. The summed E-state index contributed by atoms with van der Waals surface area (Å²) in [6, 6.07) is 11.7. The Hall–Kier alpha value is -2.56. The quantitative estimate of drug-likeness (QED) is 0.347. The van der Waals surface area contributed by atoms with E-state index in [1.54, 1.807) is 26.0 Å². The predicted molar refractivity (Wildman–Crippen MR) is 107 cm³/mol. The summed E-state index contributed by atoms with van der Waals surface area (Å²) in [5.74, 6) is 0. The number of hydrogen-bond donors (Lipinski definition) is 3. The summed E-state index contributed by atoms with van der Waals surface area (Å²) in [6.07, 6.45) is 1.38. The second-order valence-electron chi connectivity index (χ2n) is 5.27. The minimum Gasteiger partial charge on any atom is -0.399 e. The number of sulfonamides is 2. The van der Waals surface area contributed by atoms with Crippen molar-refractivity contribution in [3.05, 3.63) is 48.5 Å². The molecule has 152 valence electrons. The number of rotatable bonds is 7. The first-order valence-electron chi connectivity index (χ1n) is 8.19. The van der Waals surface area contributed by atoms with Crippen molar-refractivity contribution in [2.75, 3.05) is 18.8 Å². The summed E-state index contributed by atoms with van der Waals surface area (Å²) in [5, 5.41) is 0. The van der Waals surface area contributed by atoms with Crippen LogP contribution < -0.4 is 15.2 Å². The number of isocyanates is 1. The lowest BCUT2D eigenvalue weighted by atomic mass is 10.3. The standard InChI is InChI=1S/C9H10N2O3S.C8H12N2O2S/c1-2-11-15(13,14)9-5-3-8(4-6-9)10-7-12;1-2-10-13(11,12)8-5-3-7(9)4-6-8/h3-6,11H,2H2,1H3;3-6,10H,2,9H2,1H3. The van der Waals surface area contributed by atoms with Crippen LogP contribution in [-0.2, 0) is 24.8 Å². The molecule has 2 aromatic carbocycles. The Balaban J connectivity index is 0.000000283. The second-order valence-corrected chi connectivity index (χ2v) is 8.80. The molecule has 0 atom stereocenters. The number of nitrogens with zero attached hydrogens (tertiary/aromatic N) is 1. The fourth-order valence-corrected chi connectivity index (χ4v) is 4.03. The van der Waals surface area contributed by atoms with Crippen molar-refractivity contribution >= 4 is 37.5 Å². The molecule has 2 aromatic rings. The maximum Gasteiger partial charge on any atom is 0.240 e. The van der Waals surface area contributed by atoms with Crippen molar-refractivity contribution in [1.29, 1.82) is 0 Å². The van der Waals surface area contributed by atoms with Gasteiger partial charge < -0.3 is 5.73 Å². The molecule has 0 fully saturated rings. The van der Waals surface area contributed by atoms with Gasteiger partial charge in [-0.15, -0.1) is 0 Å². The average Bonchev–Trinajstić information content (AvgIpc) is 2.63. The maximum atomic E-state index is 11.5. The van der Waals surface area contributed by atoms with Crippen LogP contribution in [0, 0.1) is 0 Å². The minimum absolute atomic E-state index is 0.147. The van der Waals surface area contributed by atoms with Gasteiger partial charge in [-0.1, -0.05) is 13.8 Å². The number of anilines is 1. The Labute approximate surface area is 164 Å². The molecule has 9 nitrogen and oxygen atoms in total. The van der Waals surface area contributed by atoms with Gasteiger partial charge in [0.25, 0.3) is 0 Å². The molecule has 0 spiro atoms. The third-order valence-electron chi connectivity index (χ3n) is 3.18. The Morgan fingerprint density at radius 2 is 1.21 bits per heavy atom. The Morgan fingerprint density at radius 3 is 1.57 bits per heavy atom. The number of hydrogen-bond acceptors (Lipinski definition) is 7. The predicted octanol–water partition coefficient (Wildman–Crippen LogP) is 1.52. The highest BCUT2D eigenvalue weighted by atomic mass is 32.2.